The van der Waals surface area contributed by atoms with Crippen molar-refractivity contribution < 1.29 is 43.8 Å². The van der Waals surface area contributed by atoms with Gasteiger partial charge in [0.25, 0.3) is 0 Å². The lowest BCUT2D eigenvalue weighted by Gasteiger charge is -1.94. The summed E-state index contributed by atoms with van der Waals surface area (Å²) in [6.07, 6.45) is 0. The average molecular weight is 218 g/mol. The van der Waals surface area contributed by atoms with Crippen molar-refractivity contribution in [1.29, 1.82) is 0 Å². The maximum Gasteiger partial charge on any atom is 0.634 e. The standard InChI is InChI=1S/C2H5BO5.H3O4P/c4-2(5)1-8-3(6)7;1-5(2,3)4/h6-7H,1H2,(H,4,5);(H3,1,2,3,4). The minimum absolute atomic E-state index is 0.697. The molecule has 0 aromatic rings. The van der Waals surface area contributed by atoms with E-state index in [1.807, 2.05) is 0 Å². The van der Waals surface area contributed by atoms with E-state index in [2.05, 4.69) is 4.65 Å². The van der Waals surface area contributed by atoms with Gasteiger partial charge in [0.1, 0.15) is 6.61 Å². The van der Waals surface area contributed by atoms with Crippen LogP contribution in [0.25, 0.3) is 0 Å². The normalized spacial score (nSPS) is 9.92. The van der Waals surface area contributed by atoms with E-state index in [1.54, 1.807) is 0 Å². The Morgan fingerprint density at radius 2 is 1.62 bits per heavy atom. The van der Waals surface area contributed by atoms with Crippen molar-refractivity contribution in [3.63, 3.8) is 0 Å². The summed E-state index contributed by atoms with van der Waals surface area (Å²) < 4.78 is 12.7. The van der Waals surface area contributed by atoms with Gasteiger partial charge in [-0.05, 0) is 0 Å². The zero-order valence-electron chi connectivity index (χ0n) is 6.14. The fourth-order valence-corrected chi connectivity index (χ4v) is 0.146. The van der Waals surface area contributed by atoms with Gasteiger partial charge in [-0.15, -0.1) is 0 Å². The molecule has 0 radical (unpaired) electrons. The lowest BCUT2D eigenvalue weighted by atomic mass is 10.3. The topological polar surface area (TPSA) is 165 Å². The third kappa shape index (κ3) is 51.1. The quantitative estimate of drug-likeness (QED) is 0.215. The van der Waals surface area contributed by atoms with Crippen LogP contribution in [0.3, 0.4) is 0 Å². The summed E-state index contributed by atoms with van der Waals surface area (Å²) in [5, 5.41) is 23.6. The van der Waals surface area contributed by atoms with Crippen LogP contribution in [0, 0.1) is 0 Å². The van der Waals surface area contributed by atoms with Gasteiger partial charge in [0.2, 0.25) is 0 Å². The lowest BCUT2D eigenvalue weighted by Crippen LogP contribution is -2.21. The Kier molecular flexibility index (Phi) is 8.06. The Labute approximate surface area is 72.6 Å². The minimum Gasteiger partial charge on any atom is -0.480 e. The van der Waals surface area contributed by atoms with E-state index in [0.29, 0.717) is 0 Å². The molecule has 11 heteroatoms. The van der Waals surface area contributed by atoms with Gasteiger partial charge in [-0.2, -0.15) is 0 Å². The molecule has 0 atom stereocenters. The first kappa shape index (κ1) is 15.0. The molecule has 0 spiro atoms. The Morgan fingerprint density at radius 3 is 1.69 bits per heavy atom. The van der Waals surface area contributed by atoms with Crippen LogP contribution in [-0.2, 0) is 14.0 Å². The summed E-state index contributed by atoms with van der Waals surface area (Å²) in [4.78, 5) is 31.1. The lowest BCUT2D eigenvalue weighted by molar-refractivity contribution is -0.140. The van der Waals surface area contributed by atoms with Crippen LogP contribution in [0.2, 0.25) is 0 Å². The smallest absolute Gasteiger partial charge is 0.480 e. The molecule has 0 aliphatic rings. The number of carboxylic acids is 1. The predicted molar refractivity (Wildman–Crippen MR) is 38.0 cm³/mol. The van der Waals surface area contributed by atoms with Gasteiger partial charge >= 0.3 is 21.1 Å². The van der Waals surface area contributed by atoms with E-state index in [0.717, 1.165) is 0 Å². The highest BCUT2D eigenvalue weighted by molar-refractivity contribution is 7.45. The molecule has 0 aliphatic carbocycles. The molecule has 0 aromatic heterocycles. The molecule has 78 valence electrons. The molecule has 13 heavy (non-hydrogen) atoms. The molecule has 0 fully saturated rings. The zero-order chi connectivity index (χ0) is 11.1. The van der Waals surface area contributed by atoms with Gasteiger partial charge in [-0.1, -0.05) is 0 Å². The van der Waals surface area contributed by atoms with Crippen molar-refractivity contribution in [2.75, 3.05) is 6.61 Å². The summed E-state index contributed by atoms with van der Waals surface area (Å²) in [7, 11) is -6.63. The van der Waals surface area contributed by atoms with Crippen LogP contribution in [0.15, 0.2) is 0 Å². The van der Waals surface area contributed by atoms with Crippen LogP contribution in [0.4, 0.5) is 0 Å². The fraction of sp³-hybridized carbons (Fsp3) is 0.500. The van der Waals surface area contributed by atoms with Crippen LogP contribution in [0.1, 0.15) is 0 Å². The molecule has 0 amide bonds. The minimum atomic E-state index is -4.64. The number of hydrogen-bond donors (Lipinski definition) is 6. The molecule has 0 heterocycles. The number of hydrogen-bond acceptors (Lipinski definition) is 5. The third-order valence-corrected chi connectivity index (χ3v) is 0.356. The molecule has 6 N–H and O–H groups in total. The summed E-state index contributed by atoms with van der Waals surface area (Å²) in [5.41, 5.74) is 0. The fourth-order valence-electron chi connectivity index (χ4n) is 0.146. The molecular weight excluding hydrogens is 210 g/mol. The average Bonchev–Trinajstić information content (AvgIpc) is 1.79. The van der Waals surface area contributed by atoms with Crippen LogP contribution < -0.4 is 0 Å². The third-order valence-electron chi connectivity index (χ3n) is 0.356. The summed E-state index contributed by atoms with van der Waals surface area (Å²) in [6.45, 7) is -0.697. The first-order valence-electron chi connectivity index (χ1n) is 2.60. The molecule has 0 aliphatic heterocycles. The van der Waals surface area contributed by atoms with Gasteiger partial charge < -0.3 is 34.5 Å². The van der Waals surface area contributed by atoms with Crippen molar-refractivity contribution in [1.82, 2.24) is 0 Å². The monoisotopic (exact) mass is 218 g/mol. The van der Waals surface area contributed by atoms with Crippen LogP contribution in [0.5, 0.6) is 0 Å². The molecule has 0 bridgehead atoms. The van der Waals surface area contributed by atoms with Gasteiger partial charge in [-0.3, -0.25) is 0 Å². The van der Waals surface area contributed by atoms with Gasteiger partial charge in [0, 0.05) is 0 Å². The maximum absolute atomic E-state index is 9.56. The number of carbonyl (C=O) groups is 1. The second-order valence-corrected chi connectivity index (χ2v) is 2.57. The summed E-state index contributed by atoms with van der Waals surface area (Å²) in [5.74, 6) is -1.24. The largest absolute Gasteiger partial charge is 0.634 e. The Balaban J connectivity index is 0. The number of phosphoric acid groups is 1. The van der Waals surface area contributed by atoms with E-state index >= 15 is 0 Å². The number of carboxylic acid groups (broad SMARTS) is 1. The van der Waals surface area contributed by atoms with Crippen LogP contribution in [-0.4, -0.2) is 49.7 Å². The highest BCUT2D eigenvalue weighted by Gasteiger charge is 2.09. The summed E-state index contributed by atoms with van der Waals surface area (Å²) >= 11 is 0. The van der Waals surface area contributed by atoms with E-state index in [4.69, 9.17) is 34.4 Å². The van der Waals surface area contributed by atoms with Crippen molar-refractivity contribution in [2.45, 2.75) is 0 Å². The van der Waals surface area contributed by atoms with E-state index in [-0.39, 0.29) is 0 Å². The van der Waals surface area contributed by atoms with Gasteiger partial charge in [-0.25, -0.2) is 9.36 Å². The van der Waals surface area contributed by atoms with Crippen molar-refractivity contribution in [3.05, 3.63) is 0 Å². The Bertz CT molecular complexity index is 176. The van der Waals surface area contributed by atoms with Crippen molar-refractivity contribution in [3.8, 4) is 0 Å². The SMILES string of the molecule is O=C(O)COB(O)O.O=P(O)(O)O. The van der Waals surface area contributed by atoms with Crippen LogP contribution >= 0.6 is 7.82 Å². The van der Waals surface area contributed by atoms with Crippen molar-refractivity contribution in [2.24, 2.45) is 0 Å². The van der Waals surface area contributed by atoms with Gasteiger partial charge in [0.05, 0.1) is 0 Å². The van der Waals surface area contributed by atoms with E-state index < -0.39 is 27.7 Å². The molecule has 0 saturated heterocycles. The molecule has 0 aromatic carbocycles. The molecular formula is C2H8BO9P. The van der Waals surface area contributed by atoms with E-state index in [1.165, 1.54) is 0 Å². The Morgan fingerprint density at radius 1 is 1.31 bits per heavy atom. The number of rotatable bonds is 3. The molecule has 0 saturated carbocycles. The highest BCUT2D eigenvalue weighted by atomic mass is 31.2. The van der Waals surface area contributed by atoms with Crippen molar-refractivity contribution >= 4 is 21.1 Å². The van der Waals surface area contributed by atoms with E-state index in [9.17, 15) is 4.79 Å². The molecule has 0 unspecified atom stereocenters. The second-order valence-electron chi connectivity index (χ2n) is 1.54. The highest BCUT2D eigenvalue weighted by Crippen LogP contribution is 2.25. The van der Waals surface area contributed by atoms with Gasteiger partial charge in [0.15, 0.2) is 0 Å². The first-order chi connectivity index (χ1) is 5.63. The second kappa shape index (κ2) is 6.98. The number of aliphatic carboxylic acids is 1. The summed E-state index contributed by atoms with van der Waals surface area (Å²) in [6, 6.07) is 0. The zero-order valence-corrected chi connectivity index (χ0v) is 7.03. The first-order valence-corrected chi connectivity index (χ1v) is 4.17. The molecule has 9 nitrogen and oxygen atoms in total. The molecule has 0 rings (SSSR count). The Hall–Kier alpha value is -0.475. The predicted octanol–water partition coefficient (Wildman–Crippen LogP) is -2.87. The maximum atomic E-state index is 9.56.